The number of ether oxygens (including phenoxy) is 2. The summed E-state index contributed by atoms with van der Waals surface area (Å²) in [5, 5.41) is 3.00. The maximum absolute atomic E-state index is 12.4. The van der Waals surface area contributed by atoms with Gasteiger partial charge in [0.05, 0.1) is 13.2 Å². The van der Waals surface area contributed by atoms with Gasteiger partial charge < -0.3 is 14.8 Å². The van der Waals surface area contributed by atoms with Crippen LogP contribution in [0.1, 0.15) is 31.9 Å². The lowest BCUT2D eigenvalue weighted by Gasteiger charge is -2.21. The summed E-state index contributed by atoms with van der Waals surface area (Å²) in [4.78, 5) is 12.4. The second-order valence-electron chi connectivity index (χ2n) is 5.33. The van der Waals surface area contributed by atoms with Gasteiger partial charge in [-0.3, -0.25) is 4.79 Å². The lowest BCUT2D eigenvalue weighted by Crippen LogP contribution is -2.39. The highest BCUT2D eigenvalue weighted by Crippen LogP contribution is 2.18. The van der Waals surface area contributed by atoms with Crippen LogP contribution < -0.4 is 14.8 Å². The predicted octanol–water partition coefficient (Wildman–Crippen LogP) is 3.73. The second-order valence-corrected chi connectivity index (χ2v) is 5.33. The van der Waals surface area contributed by atoms with Crippen LogP contribution in [0.4, 0.5) is 0 Å². The minimum absolute atomic E-state index is 0.0955. The van der Waals surface area contributed by atoms with Crippen LogP contribution in [0.25, 0.3) is 0 Å². The molecule has 4 heteroatoms. The lowest BCUT2D eigenvalue weighted by molar-refractivity contribution is -0.128. The standard InChI is InChI=1S/C19H23NO3/c1-4-18(23-17-8-6-5-7-9-17)19(21)20-14(2)15-10-12-16(22-3)13-11-15/h5-14,18H,4H2,1-3H3,(H,20,21)/t14-,18-/m1/s1. The predicted molar refractivity (Wildman–Crippen MR) is 90.7 cm³/mol. The molecule has 2 aromatic rings. The number of methoxy groups -OCH3 is 1. The Kier molecular flexibility index (Phi) is 6.03. The zero-order valence-corrected chi connectivity index (χ0v) is 13.8. The molecule has 0 saturated carbocycles. The molecule has 4 nitrogen and oxygen atoms in total. The third-order valence-electron chi connectivity index (χ3n) is 3.66. The smallest absolute Gasteiger partial charge is 0.261 e. The topological polar surface area (TPSA) is 47.6 Å². The molecule has 1 N–H and O–H groups in total. The normalized spacial score (nSPS) is 13.0. The van der Waals surface area contributed by atoms with Crippen LogP contribution >= 0.6 is 0 Å². The Morgan fingerprint density at radius 3 is 2.26 bits per heavy atom. The number of amides is 1. The van der Waals surface area contributed by atoms with Crippen LogP contribution in [0.3, 0.4) is 0 Å². The number of para-hydroxylation sites is 1. The van der Waals surface area contributed by atoms with Crippen molar-refractivity contribution in [1.82, 2.24) is 5.32 Å². The summed E-state index contributed by atoms with van der Waals surface area (Å²) in [5.74, 6) is 1.39. The average molecular weight is 313 g/mol. The largest absolute Gasteiger partial charge is 0.497 e. The first-order chi connectivity index (χ1) is 11.1. The Morgan fingerprint density at radius 2 is 1.70 bits per heavy atom. The molecule has 0 aliphatic carbocycles. The number of hydrogen-bond acceptors (Lipinski definition) is 3. The van der Waals surface area contributed by atoms with E-state index in [9.17, 15) is 4.79 Å². The van der Waals surface area contributed by atoms with Crippen LogP contribution in [0.5, 0.6) is 11.5 Å². The third kappa shape index (κ3) is 4.74. The van der Waals surface area contributed by atoms with Crippen LogP contribution in [0.2, 0.25) is 0 Å². The molecule has 0 fully saturated rings. The van der Waals surface area contributed by atoms with Crippen LogP contribution in [0.15, 0.2) is 54.6 Å². The van der Waals surface area contributed by atoms with Crippen molar-refractivity contribution in [1.29, 1.82) is 0 Å². The van der Waals surface area contributed by atoms with Gasteiger partial charge in [0.15, 0.2) is 6.10 Å². The summed E-state index contributed by atoms with van der Waals surface area (Å²) >= 11 is 0. The number of carbonyl (C=O) groups excluding carboxylic acids is 1. The SMILES string of the molecule is CC[C@@H](Oc1ccccc1)C(=O)N[C@H](C)c1ccc(OC)cc1. The molecule has 0 aliphatic rings. The van der Waals surface area contributed by atoms with Crippen molar-refractivity contribution in [3.8, 4) is 11.5 Å². The van der Waals surface area contributed by atoms with E-state index in [2.05, 4.69) is 5.32 Å². The zero-order valence-electron chi connectivity index (χ0n) is 13.8. The van der Waals surface area contributed by atoms with Crippen molar-refractivity contribution in [2.45, 2.75) is 32.4 Å². The van der Waals surface area contributed by atoms with Crippen LogP contribution in [-0.4, -0.2) is 19.1 Å². The molecule has 0 unspecified atom stereocenters. The molecule has 23 heavy (non-hydrogen) atoms. The molecule has 2 atom stereocenters. The quantitative estimate of drug-likeness (QED) is 0.847. The van der Waals surface area contributed by atoms with Gasteiger partial charge in [-0.2, -0.15) is 0 Å². The summed E-state index contributed by atoms with van der Waals surface area (Å²) in [5.41, 5.74) is 1.02. The number of benzene rings is 2. The molecule has 1 amide bonds. The fraction of sp³-hybridized carbons (Fsp3) is 0.316. The maximum atomic E-state index is 12.4. The van der Waals surface area contributed by atoms with E-state index in [0.717, 1.165) is 11.3 Å². The van der Waals surface area contributed by atoms with E-state index >= 15 is 0 Å². The van der Waals surface area contributed by atoms with Gasteiger partial charge in [-0.05, 0) is 43.2 Å². The Labute approximate surface area is 137 Å². The monoisotopic (exact) mass is 313 g/mol. The second kappa shape index (κ2) is 8.22. The molecule has 0 heterocycles. The Hall–Kier alpha value is -2.49. The van der Waals surface area contributed by atoms with Gasteiger partial charge in [-0.1, -0.05) is 37.3 Å². The molecular weight excluding hydrogens is 290 g/mol. The maximum Gasteiger partial charge on any atom is 0.261 e. The van der Waals surface area contributed by atoms with E-state index in [0.29, 0.717) is 12.2 Å². The van der Waals surface area contributed by atoms with E-state index < -0.39 is 6.10 Å². The summed E-state index contributed by atoms with van der Waals surface area (Å²) < 4.78 is 10.9. The minimum Gasteiger partial charge on any atom is -0.497 e. The first-order valence-electron chi connectivity index (χ1n) is 7.80. The number of rotatable bonds is 7. The Bertz CT molecular complexity index is 610. The highest BCUT2D eigenvalue weighted by molar-refractivity contribution is 5.81. The van der Waals surface area contributed by atoms with Gasteiger partial charge in [0, 0.05) is 0 Å². The van der Waals surface area contributed by atoms with Gasteiger partial charge in [0.1, 0.15) is 11.5 Å². The van der Waals surface area contributed by atoms with Crippen molar-refractivity contribution >= 4 is 5.91 Å². The molecule has 122 valence electrons. The average Bonchev–Trinajstić information content (AvgIpc) is 2.60. The number of hydrogen-bond donors (Lipinski definition) is 1. The van der Waals surface area contributed by atoms with Crippen molar-refractivity contribution in [3.05, 3.63) is 60.2 Å². The first kappa shape index (κ1) is 16.9. The summed E-state index contributed by atoms with van der Waals surface area (Å²) in [6.45, 7) is 3.89. The van der Waals surface area contributed by atoms with E-state index in [4.69, 9.17) is 9.47 Å². The Balaban J connectivity index is 1.97. The highest BCUT2D eigenvalue weighted by atomic mass is 16.5. The van der Waals surface area contributed by atoms with E-state index in [1.807, 2.05) is 68.4 Å². The lowest BCUT2D eigenvalue weighted by atomic mass is 10.1. The summed E-state index contributed by atoms with van der Waals surface area (Å²) in [6.07, 6.45) is 0.105. The van der Waals surface area contributed by atoms with Gasteiger partial charge in [0.25, 0.3) is 5.91 Å². The van der Waals surface area contributed by atoms with Crippen LogP contribution in [-0.2, 0) is 4.79 Å². The molecule has 0 aromatic heterocycles. The van der Waals surface area contributed by atoms with Crippen molar-refractivity contribution < 1.29 is 14.3 Å². The highest BCUT2D eigenvalue weighted by Gasteiger charge is 2.20. The molecule has 0 radical (unpaired) electrons. The molecule has 0 saturated heterocycles. The molecule has 0 aliphatic heterocycles. The van der Waals surface area contributed by atoms with Crippen molar-refractivity contribution in [2.75, 3.05) is 7.11 Å². The molecule has 2 aromatic carbocycles. The fourth-order valence-electron chi connectivity index (χ4n) is 2.27. The van der Waals surface area contributed by atoms with E-state index in [1.165, 1.54) is 0 Å². The van der Waals surface area contributed by atoms with Gasteiger partial charge in [-0.25, -0.2) is 0 Å². The van der Waals surface area contributed by atoms with Gasteiger partial charge in [-0.15, -0.1) is 0 Å². The third-order valence-corrected chi connectivity index (χ3v) is 3.66. The number of nitrogens with one attached hydrogen (secondary N) is 1. The number of carbonyl (C=O) groups is 1. The van der Waals surface area contributed by atoms with E-state index in [1.54, 1.807) is 7.11 Å². The van der Waals surface area contributed by atoms with Gasteiger partial charge >= 0.3 is 0 Å². The first-order valence-corrected chi connectivity index (χ1v) is 7.80. The fourth-order valence-corrected chi connectivity index (χ4v) is 2.27. The summed E-state index contributed by atoms with van der Waals surface area (Å²) in [6, 6.07) is 17.0. The van der Waals surface area contributed by atoms with Crippen molar-refractivity contribution in [3.63, 3.8) is 0 Å². The minimum atomic E-state index is -0.502. The molecule has 2 rings (SSSR count). The van der Waals surface area contributed by atoms with Gasteiger partial charge in [0.2, 0.25) is 0 Å². The summed E-state index contributed by atoms with van der Waals surface area (Å²) in [7, 11) is 1.63. The van der Waals surface area contributed by atoms with Crippen LogP contribution in [0, 0.1) is 0 Å². The molecule has 0 bridgehead atoms. The van der Waals surface area contributed by atoms with E-state index in [-0.39, 0.29) is 11.9 Å². The molecule has 0 spiro atoms. The van der Waals surface area contributed by atoms with Crippen molar-refractivity contribution in [2.24, 2.45) is 0 Å². The zero-order chi connectivity index (χ0) is 16.7. The Morgan fingerprint density at radius 1 is 1.04 bits per heavy atom. The molecular formula is C19H23NO3.